The van der Waals surface area contributed by atoms with Crippen molar-refractivity contribution in [2.24, 2.45) is 0 Å². The van der Waals surface area contributed by atoms with Crippen molar-refractivity contribution in [3.05, 3.63) is 52.0 Å². The molecule has 3 rings (SSSR count). The van der Waals surface area contributed by atoms with Gasteiger partial charge in [-0.15, -0.1) is 11.3 Å². The SMILES string of the molecule is CC(C)c1nc(C(=O)N2CCOC(Cc3ccccc3)C2)cs1. The minimum Gasteiger partial charge on any atom is -0.374 e. The second-order valence-corrected chi connectivity index (χ2v) is 7.05. The number of rotatable bonds is 4. The van der Waals surface area contributed by atoms with Crippen molar-refractivity contribution in [1.82, 2.24) is 9.88 Å². The molecule has 0 aliphatic carbocycles. The first-order valence-corrected chi connectivity index (χ1v) is 8.91. The Morgan fingerprint density at radius 1 is 1.39 bits per heavy atom. The monoisotopic (exact) mass is 330 g/mol. The molecular formula is C18H22N2O2S. The third-order valence-electron chi connectivity index (χ3n) is 3.97. The van der Waals surface area contributed by atoms with Gasteiger partial charge >= 0.3 is 0 Å². The fourth-order valence-corrected chi connectivity index (χ4v) is 3.53. The summed E-state index contributed by atoms with van der Waals surface area (Å²) in [5, 5.41) is 2.89. The molecule has 1 fully saturated rings. The number of hydrogen-bond acceptors (Lipinski definition) is 4. The van der Waals surface area contributed by atoms with Gasteiger partial charge in [-0.3, -0.25) is 4.79 Å². The highest BCUT2D eigenvalue weighted by molar-refractivity contribution is 7.09. The maximum Gasteiger partial charge on any atom is 0.273 e. The maximum absolute atomic E-state index is 12.6. The molecule has 23 heavy (non-hydrogen) atoms. The molecular weight excluding hydrogens is 308 g/mol. The topological polar surface area (TPSA) is 42.4 Å². The van der Waals surface area contributed by atoms with E-state index in [1.165, 1.54) is 5.56 Å². The molecule has 0 saturated carbocycles. The van der Waals surface area contributed by atoms with E-state index in [1.807, 2.05) is 28.5 Å². The quantitative estimate of drug-likeness (QED) is 0.863. The van der Waals surface area contributed by atoms with Crippen LogP contribution in [-0.2, 0) is 11.2 Å². The van der Waals surface area contributed by atoms with Crippen LogP contribution in [0.25, 0.3) is 0 Å². The molecule has 0 N–H and O–H groups in total. The number of hydrogen-bond donors (Lipinski definition) is 0. The number of carbonyl (C=O) groups is 1. The summed E-state index contributed by atoms with van der Waals surface area (Å²) in [6.07, 6.45) is 0.886. The summed E-state index contributed by atoms with van der Waals surface area (Å²) in [5.74, 6) is 0.381. The van der Waals surface area contributed by atoms with Gasteiger partial charge in [-0.05, 0) is 5.56 Å². The van der Waals surface area contributed by atoms with Crippen molar-refractivity contribution in [2.45, 2.75) is 32.3 Å². The third kappa shape index (κ3) is 3.98. The van der Waals surface area contributed by atoms with Crippen molar-refractivity contribution in [3.8, 4) is 0 Å². The van der Waals surface area contributed by atoms with Crippen LogP contribution in [0.4, 0.5) is 0 Å². The zero-order valence-corrected chi connectivity index (χ0v) is 14.4. The highest BCUT2D eigenvalue weighted by atomic mass is 32.1. The molecule has 0 spiro atoms. The van der Waals surface area contributed by atoms with E-state index in [0.717, 1.165) is 11.4 Å². The first-order valence-electron chi connectivity index (χ1n) is 8.03. The standard InChI is InChI=1S/C18H22N2O2S/c1-13(2)17-19-16(12-23-17)18(21)20-8-9-22-15(11-20)10-14-6-4-3-5-7-14/h3-7,12-13,15H,8-11H2,1-2H3. The number of amides is 1. The molecule has 1 atom stereocenters. The van der Waals surface area contributed by atoms with E-state index in [1.54, 1.807) is 11.3 Å². The molecule has 4 nitrogen and oxygen atoms in total. The summed E-state index contributed by atoms with van der Waals surface area (Å²) in [7, 11) is 0. The average Bonchev–Trinajstić information content (AvgIpc) is 3.06. The number of thiazole rings is 1. The Balaban J connectivity index is 1.64. The lowest BCUT2D eigenvalue weighted by molar-refractivity contribution is -0.0209. The molecule has 1 aromatic carbocycles. The summed E-state index contributed by atoms with van der Waals surface area (Å²) in [5.41, 5.74) is 1.81. The molecule has 5 heteroatoms. The summed E-state index contributed by atoms with van der Waals surface area (Å²) in [6, 6.07) is 10.3. The lowest BCUT2D eigenvalue weighted by Gasteiger charge is -2.32. The Morgan fingerprint density at radius 3 is 2.87 bits per heavy atom. The Hall–Kier alpha value is -1.72. The molecule has 2 aromatic rings. The first kappa shape index (κ1) is 16.1. The van der Waals surface area contributed by atoms with Crippen LogP contribution in [-0.4, -0.2) is 41.6 Å². The van der Waals surface area contributed by atoms with Crippen molar-refractivity contribution in [2.75, 3.05) is 19.7 Å². The predicted octanol–water partition coefficient (Wildman–Crippen LogP) is 3.35. The van der Waals surface area contributed by atoms with Gasteiger partial charge < -0.3 is 9.64 Å². The van der Waals surface area contributed by atoms with Crippen LogP contribution in [0.2, 0.25) is 0 Å². The van der Waals surface area contributed by atoms with Crippen molar-refractivity contribution < 1.29 is 9.53 Å². The molecule has 1 aliphatic heterocycles. The molecule has 1 amide bonds. The maximum atomic E-state index is 12.6. The Kier molecular flexibility index (Phi) is 5.08. The number of benzene rings is 1. The van der Waals surface area contributed by atoms with Gasteiger partial charge in [0.1, 0.15) is 5.69 Å². The van der Waals surface area contributed by atoms with Crippen LogP contribution < -0.4 is 0 Å². The molecule has 1 aromatic heterocycles. The smallest absolute Gasteiger partial charge is 0.273 e. The van der Waals surface area contributed by atoms with E-state index in [-0.39, 0.29) is 12.0 Å². The van der Waals surface area contributed by atoms with Gasteiger partial charge in [0.15, 0.2) is 0 Å². The van der Waals surface area contributed by atoms with E-state index < -0.39 is 0 Å². The zero-order valence-electron chi connectivity index (χ0n) is 13.6. The Labute approximate surface area is 141 Å². The van der Waals surface area contributed by atoms with E-state index >= 15 is 0 Å². The molecule has 2 heterocycles. The molecule has 0 bridgehead atoms. The van der Waals surface area contributed by atoms with Gasteiger partial charge in [0, 0.05) is 30.8 Å². The molecule has 122 valence electrons. The highest BCUT2D eigenvalue weighted by Crippen LogP contribution is 2.21. The summed E-state index contributed by atoms with van der Waals surface area (Å²) in [4.78, 5) is 19.0. The summed E-state index contributed by atoms with van der Waals surface area (Å²) in [6.45, 7) is 6.04. The first-order chi connectivity index (χ1) is 11.1. The lowest BCUT2D eigenvalue weighted by atomic mass is 10.1. The van der Waals surface area contributed by atoms with Gasteiger partial charge in [0.25, 0.3) is 5.91 Å². The molecule has 0 radical (unpaired) electrons. The van der Waals surface area contributed by atoms with Gasteiger partial charge in [-0.25, -0.2) is 4.98 Å². The largest absolute Gasteiger partial charge is 0.374 e. The van der Waals surface area contributed by atoms with Crippen LogP contribution in [0, 0.1) is 0 Å². The van der Waals surface area contributed by atoms with E-state index in [2.05, 4.69) is 31.0 Å². The van der Waals surface area contributed by atoms with E-state index in [0.29, 0.717) is 31.3 Å². The number of carbonyl (C=O) groups excluding carboxylic acids is 1. The van der Waals surface area contributed by atoms with Crippen molar-refractivity contribution in [1.29, 1.82) is 0 Å². The average molecular weight is 330 g/mol. The van der Waals surface area contributed by atoms with Gasteiger partial charge in [0.2, 0.25) is 0 Å². The van der Waals surface area contributed by atoms with Crippen molar-refractivity contribution in [3.63, 3.8) is 0 Å². The molecule has 1 aliphatic rings. The predicted molar refractivity (Wildman–Crippen MR) is 92.0 cm³/mol. The minimum absolute atomic E-state index is 0.0227. The Morgan fingerprint density at radius 2 is 2.17 bits per heavy atom. The number of ether oxygens (including phenoxy) is 1. The van der Waals surface area contributed by atoms with Gasteiger partial charge in [0.05, 0.1) is 17.7 Å². The van der Waals surface area contributed by atoms with Crippen LogP contribution in [0.5, 0.6) is 0 Å². The summed E-state index contributed by atoms with van der Waals surface area (Å²) < 4.78 is 5.83. The fraction of sp³-hybridized carbons (Fsp3) is 0.444. The molecule has 1 unspecified atom stereocenters. The number of aromatic nitrogens is 1. The van der Waals surface area contributed by atoms with E-state index in [9.17, 15) is 4.79 Å². The van der Waals surface area contributed by atoms with Crippen LogP contribution in [0.1, 0.15) is 40.8 Å². The minimum atomic E-state index is 0.0227. The van der Waals surface area contributed by atoms with Gasteiger partial charge in [-0.1, -0.05) is 44.2 Å². The van der Waals surface area contributed by atoms with E-state index in [4.69, 9.17) is 4.74 Å². The van der Waals surface area contributed by atoms with Crippen LogP contribution in [0.3, 0.4) is 0 Å². The lowest BCUT2D eigenvalue weighted by Crippen LogP contribution is -2.46. The van der Waals surface area contributed by atoms with Crippen molar-refractivity contribution >= 4 is 17.2 Å². The van der Waals surface area contributed by atoms with Crippen LogP contribution >= 0.6 is 11.3 Å². The fourth-order valence-electron chi connectivity index (χ4n) is 2.72. The second kappa shape index (κ2) is 7.23. The van der Waals surface area contributed by atoms with Crippen LogP contribution in [0.15, 0.2) is 35.7 Å². The van der Waals surface area contributed by atoms with Gasteiger partial charge in [-0.2, -0.15) is 0 Å². The number of nitrogens with zero attached hydrogens (tertiary/aromatic N) is 2. The normalized spacial score (nSPS) is 18.4. The number of morpholine rings is 1. The highest BCUT2D eigenvalue weighted by Gasteiger charge is 2.26. The Bertz CT molecular complexity index is 654. The second-order valence-electron chi connectivity index (χ2n) is 6.16. The molecule has 1 saturated heterocycles. The summed E-state index contributed by atoms with van der Waals surface area (Å²) >= 11 is 1.56. The zero-order chi connectivity index (χ0) is 16.2. The third-order valence-corrected chi connectivity index (χ3v) is 5.11.